The minimum atomic E-state index is -0.858. The highest BCUT2D eigenvalue weighted by molar-refractivity contribution is 5.99. The first-order chi connectivity index (χ1) is 18.4. The summed E-state index contributed by atoms with van der Waals surface area (Å²) in [6, 6.07) is 10.8. The van der Waals surface area contributed by atoms with E-state index in [2.05, 4.69) is 17.6 Å². The molecule has 0 saturated carbocycles. The molecule has 39 heavy (non-hydrogen) atoms. The first-order valence-electron chi connectivity index (χ1n) is 14.0. The number of unbranched alkanes of at least 4 members (excludes halogenated alkanes) is 4. The predicted octanol–water partition coefficient (Wildman–Crippen LogP) is 6.92. The third-order valence-electron chi connectivity index (χ3n) is 6.84. The number of amides is 3. The van der Waals surface area contributed by atoms with Gasteiger partial charge in [-0.2, -0.15) is 0 Å². The molecule has 0 bridgehead atoms. The number of carbonyl (C=O) groups excluding carboxylic acids is 3. The lowest BCUT2D eigenvalue weighted by atomic mass is 9.95. The Morgan fingerprint density at radius 2 is 1.46 bits per heavy atom. The summed E-state index contributed by atoms with van der Waals surface area (Å²) in [6.45, 7) is 15.5. The van der Waals surface area contributed by atoms with Gasteiger partial charge in [-0.1, -0.05) is 69.0 Å². The molecule has 0 aliphatic heterocycles. The average Bonchev–Trinajstić information content (AvgIpc) is 2.85. The molecule has 0 spiro atoms. The summed E-state index contributed by atoms with van der Waals surface area (Å²) in [5, 5.41) is 5.71. The maximum atomic E-state index is 14.1. The molecule has 214 valence electrons. The van der Waals surface area contributed by atoms with Crippen LogP contribution in [0.3, 0.4) is 0 Å². The first-order valence-corrected chi connectivity index (χ1v) is 14.0. The number of hydrogen-bond donors (Lipinski definition) is 2. The van der Waals surface area contributed by atoms with Crippen LogP contribution in [0.25, 0.3) is 0 Å². The van der Waals surface area contributed by atoms with Crippen molar-refractivity contribution in [3.05, 3.63) is 64.2 Å². The van der Waals surface area contributed by atoms with Crippen molar-refractivity contribution in [2.24, 2.45) is 0 Å². The van der Waals surface area contributed by atoms with E-state index >= 15 is 0 Å². The van der Waals surface area contributed by atoms with Crippen LogP contribution in [0, 0.1) is 27.7 Å². The Hall–Kier alpha value is -3.35. The van der Waals surface area contributed by atoms with Gasteiger partial charge < -0.3 is 20.3 Å². The standard InChI is InChI=1S/C32H47N3O4/c1-9-10-11-12-13-20-35(27(36)21-33-31(38)39-32(6,7)8)29(26-19-15-16-22(2)25(26)5)30(37)34-28-23(3)17-14-18-24(28)4/h14-19,29H,9-13,20-21H2,1-8H3,(H,33,38)(H,34,37). The molecule has 0 saturated heterocycles. The van der Waals surface area contributed by atoms with Crippen LogP contribution in [-0.2, 0) is 14.3 Å². The van der Waals surface area contributed by atoms with Gasteiger partial charge in [0.05, 0.1) is 0 Å². The van der Waals surface area contributed by atoms with Crippen LogP contribution in [0.4, 0.5) is 10.5 Å². The highest BCUT2D eigenvalue weighted by Crippen LogP contribution is 2.30. The molecule has 2 N–H and O–H groups in total. The van der Waals surface area contributed by atoms with E-state index in [9.17, 15) is 14.4 Å². The fourth-order valence-corrected chi connectivity index (χ4v) is 4.57. The molecule has 0 aromatic heterocycles. The van der Waals surface area contributed by atoms with Gasteiger partial charge in [0.1, 0.15) is 18.2 Å². The summed E-state index contributed by atoms with van der Waals surface area (Å²) >= 11 is 0. The Bertz CT molecular complexity index is 1120. The van der Waals surface area contributed by atoms with E-state index in [1.165, 1.54) is 0 Å². The summed E-state index contributed by atoms with van der Waals surface area (Å²) in [5.41, 5.74) is 4.75. The third kappa shape index (κ3) is 9.72. The molecule has 2 aromatic rings. The van der Waals surface area contributed by atoms with Gasteiger partial charge in [0.2, 0.25) is 5.91 Å². The number of aryl methyl sites for hydroxylation is 3. The molecule has 7 nitrogen and oxygen atoms in total. The van der Waals surface area contributed by atoms with Crippen LogP contribution in [0.2, 0.25) is 0 Å². The second-order valence-electron chi connectivity index (χ2n) is 11.3. The van der Waals surface area contributed by atoms with Crippen LogP contribution >= 0.6 is 0 Å². The van der Waals surface area contributed by atoms with E-state index < -0.39 is 17.7 Å². The second kappa shape index (κ2) is 14.7. The number of hydrogen-bond acceptors (Lipinski definition) is 4. The highest BCUT2D eigenvalue weighted by Gasteiger charge is 2.33. The number of rotatable bonds is 12. The molecule has 2 rings (SSSR count). The Balaban J connectivity index is 2.46. The van der Waals surface area contributed by atoms with Crippen molar-refractivity contribution in [2.75, 3.05) is 18.4 Å². The Morgan fingerprint density at radius 3 is 2.08 bits per heavy atom. The normalized spacial score (nSPS) is 12.0. The van der Waals surface area contributed by atoms with Crippen LogP contribution in [-0.4, -0.2) is 41.5 Å². The summed E-state index contributed by atoms with van der Waals surface area (Å²) in [4.78, 5) is 41.7. The number of ether oxygens (including phenoxy) is 1. The van der Waals surface area contributed by atoms with Gasteiger partial charge in [-0.05, 0) is 82.7 Å². The number of nitrogens with one attached hydrogen (secondary N) is 2. The highest BCUT2D eigenvalue weighted by atomic mass is 16.6. The summed E-state index contributed by atoms with van der Waals surface area (Å²) in [7, 11) is 0. The van der Waals surface area contributed by atoms with Gasteiger partial charge in [-0.25, -0.2) is 4.79 Å². The van der Waals surface area contributed by atoms with Crippen molar-refractivity contribution >= 4 is 23.6 Å². The van der Waals surface area contributed by atoms with Gasteiger partial charge in [0.25, 0.3) is 5.91 Å². The number of alkyl carbamates (subject to hydrolysis) is 1. The molecule has 0 aliphatic carbocycles. The van der Waals surface area contributed by atoms with Gasteiger partial charge in [0, 0.05) is 12.2 Å². The number of anilines is 1. The second-order valence-corrected chi connectivity index (χ2v) is 11.3. The number of carbonyl (C=O) groups is 3. The number of benzene rings is 2. The molecule has 0 aliphatic rings. The summed E-state index contributed by atoms with van der Waals surface area (Å²) < 4.78 is 5.33. The fourth-order valence-electron chi connectivity index (χ4n) is 4.57. The maximum Gasteiger partial charge on any atom is 0.408 e. The molecule has 0 fully saturated rings. The summed E-state index contributed by atoms with van der Waals surface area (Å²) in [5.74, 6) is -0.612. The van der Waals surface area contributed by atoms with E-state index in [0.29, 0.717) is 6.54 Å². The average molecular weight is 538 g/mol. The van der Waals surface area contributed by atoms with Crippen molar-refractivity contribution in [3.63, 3.8) is 0 Å². The van der Waals surface area contributed by atoms with Crippen LogP contribution in [0.5, 0.6) is 0 Å². The molecule has 7 heteroatoms. The van der Waals surface area contributed by atoms with Crippen molar-refractivity contribution in [1.29, 1.82) is 0 Å². The predicted molar refractivity (Wildman–Crippen MR) is 158 cm³/mol. The van der Waals surface area contributed by atoms with Crippen molar-refractivity contribution < 1.29 is 19.1 Å². The smallest absolute Gasteiger partial charge is 0.408 e. The van der Waals surface area contributed by atoms with Crippen LogP contribution in [0.1, 0.15) is 93.7 Å². The third-order valence-corrected chi connectivity index (χ3v) is 6.84. The Labute approximate surface area is 234 Å². The van der Waals surface area contributed by atoms with E-state index in [-0.39, 0.29) is 18.4 Å². The molecule has 1 atom stereocenters. The lowest BCUT2D eigenvalue weighted by Gasteiger charge is -2.33. The molecule has 0 radical (unpaired) electrons. The van der Waals surface area contributed by atoms with E-state index in [0.717, 1.165) is 65.6 Å². The van der Waals surface area contributed by atoms with Crippen LogP contribution in [0.15, 0.2) is 36.4 Å². The monoisotopic (exact) mass is 537 g/mol. The van der Waals surface area contributed by atoms with Crippen LogP contribution < -0.4 is 10.6 Å². The SMILES string of the molecule is CCCCCCCN(C(=O)CNC(=O)OC(C)(C)C)C(C(=O)Nc1c(C)cccc1C)c1cccc(C)c1C. The van der Waals surface area contributed by atoms with E-state index in [1.807, 2.05) is 64.1 Å². The first kappa shape index (κ1) is 31.9. The maximum absolute atomic E-state index is 14.1. The minimum absolute atomic E-state index is 0.262. The fraction of sp³-hybridized carbons (Fsp3) is 0.531. The van der Waals surface area contributed by atoms with Crippen molar-refractivity contribution in [3.8, 4) is 0 Å². The molecule has 3 amide bonds. The lowest BCUT2D eigenvalue weighted by Crippen LogP contribution is -2.47. The molecule has 1 unspecified atom stereocenters. The van der Waals surface area contributed by atoms with Gasteiger partial charge in [-0.3, -0.25) is 9.59 Å². The largest absolute Gasteiger partial charge is 0.444 e. The molecular formula is C32H47N3O4. The van der Waals surface area contributed by atoms with Gasteiger partial charge in [0.15, 0.2) is 0 Å². The minimum Gasteiger partial charge on any atom is -0.444 e. The van der Waals surface area contributed by atoms with Gasteiger partial charge in [-0.15, -0.1) is 0 Å². The molecule has 2 aromatic carbocycles. The van der Waals surface area contributed by atoms with Gasteiger partial charge >= 0.3 is 6.09 Å². The summed E-state index contributed by atoms with van der Waals surface area (Å²) in [6.07, 6.45) is 4.36. The zero-order valence-electron chi connectivity index (χ0n) is 25.1. The Morgan fingerprint density at radius 1 is 0.872 bits per heavy atom. The topological polar surface area (TPSA) is 87.7 Å². The number of nitrogens with zero attached hydrogens (tertiary/aromatic N) is 1. The quantitative estimate of drug-likeness (QED) is 0.288. The molecular weight excluding hydrogens is 490 g/mol. The number of para-hydroxylation sites is 1. The van der Waals surface area contributed by atoms with E-state index in [1.54, 1.807) is 25.7 Å². The lowest BCUT2D eigenvalue weighted by molar-refractivity contribution is -0.138. The zero-order chi connectivity index (χ0) is 29.2. The van der Waals surface area contributed by atoms with E-state index in [4.69, 9.17) is 4.74 Å². The van der Waals surface area contributed by atoms with Crippen molar-refractivity contribution in [1.82, 2.24) is 10.2 Å². The zero-order valence-corrected chi connectivity index (χ0v) is 25.1. The molecule has 0 heterocycles. The van der Waals surface area contributed by atoms with Crippen molar-refractivity contribution in [2.45, 2.75) is 99.1 Å². The Kier molecular flexibility index (Phi) is 12.0.